The lowest BCUT2D eigenvalue weighted by atomic mass is 10.1. The molecule has 1 amide bonds. The summed E-state index contributed by atoms with van der Waals surface area (Å²) < 4.78 is 13.2. The highest BCUT2D eigenvalue weighted by molar-refractivity contribution is 6.46. The van der Waals surface area contributed by atoms with E-state index >= 15 is 0 Å². The van der Waals surface area contributed by atoms with Gasteiger partial charge >= 0.3 is 0 Å². The fraction of sp³-hybridized carbons (Fsp3) is 0.267. The number of anilines is 1. The number of carbonyl (C=O) groups excluding carboxylic acids is 1. The maximum atomic E-state index is 13.2. The molecule has 2 aromatic heterocycles. The summed E-state index contributed by atoms with van der Waals surface area (Å²) in [7, 11) is 0. The first kappa shape index (κ1) is 15.7. The number of allylic oxidation sites excluding steroid dienone is 1. The van der Waals surface area contributed by atoms with Crippen molar-refractivity contribution in [2.24, 2.45) is 5.73 Å². The molecule has 5 N–H and O–H groups in total. The third-order valence-electron chi connectivity index (χ3n) is 3.14. The quantitative estimate of drug-likeness (QED) is 0.616. The number of halogens is 1. The molecule has 2 aromatic rings. The van der Waals surface area contributed by atoms with E-state index in [-0.39, 0.29) is 5.71 Å². The lowest BCUT2D eigenvalue weighted by Gasteiger charge is -2.04. The van der Waals surface area contributed by atoms with Gasteiger partial charge < -0.3 is 16.0 Å². The molecule has 0 aliphatic rings. The third-order valence-corrected chi connectivity index (χ3v) is 3.14. The van der Waals surface area contributed by atoms with E-state index in [1.54, 1.807) is 0 Å². The average molecular weight is 303 g/mol. The molecule has 0 saturated heterocycles. The van der Waals surface area contributed by atoms with Crippen LogP contribution in [0.25, 0.3) is 11.0 Å². The molecule has 6 nitrogen and oxygen atoms in total. The summed E-state index contributed by atoms with van der Waals surface area (Å²) in [6.45, 7) is 2.04. The Morgan fingerprint density at radius 2 is 2.36 bits per heavy atom. The van der Waals surface area contributed by atoms with Crippen molar-refractivity contribution in [2.75, 3.05) is 5.32 Å². The predicted octanol–water partition coefficient (Wildman–Crippen LogP) is 2.69. The van der Waals surface area contributed by atoms with Gasteiger partial charge in [0.2, 0.25) is 0 Å². The van der Waals surface area contributed by atoms with Crippen LogP contribution in [0.3, 0.4) is 0 Å². The Balaban J connectivity index is 2.10. The van der Waals surface area contributed by atoms with Crippen molar-refractivity contribution in [3.8, 4) is 0 Å². The molecule has 0 saturated carbocycles. The van der Waals surface area contributed by atoms with E-state index in [0.717, 1.165) is 19.0 Å². The van der Waals surface area contributed by atoms with E-state index in [1.807, 2.05) is 6.92 Å². The monoisotopic (exact) mass is 303 g/mol. The van der Waals surface area contributed by atoms with Crippen molar-refractivity contribution in [2.45, 2.75) is 26.2 Å². The molecule has 2 rings (SSSR count). The Morgan fingerprint density at radius 3 is 3.09 bits per heavy atom. The Hall–Kier alpha value is -2.70. The first-order valence-electron chi connectivity index (χ1n) is 6.99. The summed E-state index contributed by atoms with van der Waals surface area (Å²) in [5.74, 6) is -1.11. The highest BCUT2D eigenvalue weighted by Gasteiger charge is 2.12. The normalized spacial score (nSPS) is 11.6. The van der Waals surface area contributed by atoms with Crippen molar-refractivity contribution >= 4 is 28.3 Å². The first-order valence-corrected chi connectivity index (χ1v) is 6.99. The molecule has 0 aliphatic carbocycles. The standard InChI is InChI=1S/C15H18FN5O/c1-2-3-4-10(17)6-12(18)15(22)21-13-8-20-14-11(13)5-9(16)7-19-14/h5-8,18H,2-4,17H2,1H3,(H,19,20)(H,21,22)/b10-6-,18-12?. The summed E-state index contributed by atoms with van der Waals surface area (Å²) in [5, 5.41) is 10.7. The molecule has 0 unspecified atom stereocenters. The Labute approximate surface area is 127 Å². The molecule has 0 fully saturated rings. The van der Waals surface area contributed by atoms with E-state index < -0.39 is 11.7 Å². The maximum Gasteiger partial charge on any atom is 0.273 e. The van der Waals surface area contributed by atoms with E-state index in [1.165, 1.54) is 18.3 Å². The van der Waals surface area contributed by atoms with Crippen LogP contribution in [0.1, 0.15) is 26.2 Å². The van der Waals surface area contributed by atoms with Crippen LogP contribution in [0.2, 0.25) is 0 Å². The van der Waals surface area contributed by atoms with Gasteiger partial charge in [0, 0.05) is 17.3 Å². The van der Waals surface area contributed by atoms with E-state index in [2.05, 4.69) is 15.3 Å². The molecular weight excluding hydrogens is 285 g/mol. The summed E-state index contributed by atoms with van der Waals surface area (Å²) in [4.78, 5) is 18.7. The van der Waals surface area contributed by atoms with Gasteiger partial charge in [-0.05, 0) is 25.0 Å². The molecule has 7 heteroatoms. The molecule has 22 heavy (non-hydrogen) atoms. The molecule has 116 valence electrons. The maximum absolute atomic E-state index is 13.2. The zero-order valence-electron chi connectivity index (χ0n) is 12.2. The van der Waals surface area contributed by atoms with Crippen LogP contribution in [0.4, 0.5) is 10.1 Å². The minimum atomic E-state index is -0.607. The van der Waals surface area contributed by atoms with Crippen LogP contribution in [-0.2, 0) is 4.79 Å². The second-order valence-corrected chi connectivity index (χ2v) is 4.94. The van der Waals surface area contributed by atoms with Crippen LogP contribution >= 0.6 is 0 Å². The lowest BCUT2D eigenvalue weighted by Crippen LogP contribution is -2.21. The molecule has 0 bridgehead atoms. The summed E-state index contributed by atoms with van der Waals surface area (Å²) in [6, 6.07) is 1.27. The van der Waals surface area contributed by atoms with Gasteiger partial charge in [-0.1, -0.05) is 13.3 Å². The average Bonchev–Trinajstić information content (AvgIpc) is 2.87. The number of nitrogens with zero attached hydrogens (tertiary/aromatic N) is 1. The number of amides is 1. The van der Waals surface area contributed by atoms with Crippen LogP contribution in [0, 0.1) is 11.2 Å². The van der Waals surface area contributed by atoms with Crippen molar-refractivity contribution in [1.29, 1.82) is 5.41 Å². The number of carbonyl (C=O) groups is 1. The van der Waals surface area contributed by atoms with Gasteiger partial charge in [0.25, 0.3) is 5.91 Å². The molecule has 0 aliphatic heterocycles. The molecule has 0 aromatic carbocycles. The van der Waals surface area contributed by atoms with Crippen molar-refractivity contribution in [3.05, 3.63) is 36.1 Å². The summed E-state index contributed by atoms with van der Waals surface area (Å²) in [5.41, 5.74) is 6.84. The fourth-order valence-electron chi connectivity index (χ4n) is 1.97. The minimum Gasteiger partial charge on any atom is -0.402 e. The second kappa shape index (κ2) is 6.84. The smallest absolute Gasteiger partial charge is 0.273 e. The number of nitrogens with one attached hydrogen (secondary N) is 3. The second-order valence-electron chi connectivity index (χ2n) is 4.94. The van der Waals surface area contributed by atoms with Crippen LogP contribution < -0.4 is 11.1 Å². The molecule has 0 atom stereocenters. The number of unbranched alkanes of at least 4 members (excludes halogenated alkanes) is 1. The number of nitrogens with two attached hydrogens (primary N) is 1. The number of hydrogen-bond donors (Lipinski definition) is 4. The van der Waals surface area contributed by atoms with Crippen molar-refractivity contribution in [1.82, 2.24) is 9.97 Å². The number of H-pyrrole nitrogens is 1. The number of fused-ring (bicyclic) bond motifs is 1. The number of aromatic amines is 1. The molecule has 0 radical (unpaired) electrons. The highest BCUT2D eigenvalue weighted by atomic mass is 19.1. The summed E-state index contributed by atoms with van der Waals surface area (Å²) in [6.07, 6.45) is 6.48. The number of rotatable bonds is 6. The topological polar surface area (TPSA) is 108 Å². The SMILES string of the molecule is CCCC/C(N)=C/C(=N)C(=O)Nc1c[nH]c2ncc(F)cc12. The largest absolute Gasteiger partial charge is 0.402 e. The third kappa shape index (κ3) is 3.69. The minimum absolute atomic E-state index is 0.243. The molecule has 2 heterocycles. The lowest BCUT2D eigenvalue weighted by molar-refractivity contribution is -0.110. The number of pyridine rings is 1. The summed E-state index contributed by atoms with van der Waals surface area (Å²) >= 11 is 0. The van der Waals surface area contributed by atoms with E-state index in [4.69, 9.17) is 11.1 Å². The van der Waals surface area contributed by atoms with Gasteiger partial charge in [-0.3, -0.25) is 10.2 Å². The first-order chi connectivity index (χ1) is 10.5. The van der Waals surface area contributed by atoms with Crippen molar-refractivity contribution in [3.63, 3.8) is 0 Å². The number of aromatic nitrogens is 2. The van der Waals surface area contributed by atoms with Crippen LogP contribution in [-0.4, -0.2) is 21.6 Å². The van der Waals surface area contributed by atoms with Gasteiger partial charge in [-0.2, -0.15) is 0 Å². The van der Waals surface area contributed by atoms with Gasteiger partial charge in [0.1, 0.15) is 17.2 Å². The zero-order chi connectivity index (χ0) is 16.1. The van der Waals surface area contributed by atoms with Crippen molar-refractivity contribution < 1.29 is 9.18 Å². The number of hydrogen-bond acceptors (Lipinski definition) is 4. The molecule has 0 spiro atoms. The molecular formula is C15H18FN5O. The van der Waals surface area contributed by atoms with Gasteiger partial charge in [0.05, 0.1) is 11.9 Å². The highest BCUT2D eigenvalue weighted by Crippen LogP contribution is 2.22. The fourth-order valence-corrected chi connectivity index (χ4v) is 1.97. The Kier molecular flexibility index (Phi) is 4.88. The van der Waals surface area contributed by atoms with Crippen LogP contribution in [0.15, 0.2) is 30.2 Å². The predicted molar refractivity (Wildman–Crippen MR) is 84.2 cm³/mol. The van der Waals surface area contributed by atoms with Gasteiger partial charge in [-0.15, -0.1) is 0 Å². The Bertz CT molecular complexity index is 735. The van der Waals surface area contributed by atoms with Gasteiger partial charge in [0.15, 0.2) is 0 Å². The van der Waals surface area contributed by atoms with E-state index in [9.17, 15) is 9.18 Å². The van der Waals surface area contributed by atoms with E-state index in [0.29, 0.717) is 28.8 Å². The Morgan fingerprint density at radius 1 is 1.59 bits per heavy atom. The van der Waals surface area contributed by atoms with Gasteiger partial charge in [-0.25, -0.2) is 9.37 Å². The van der Waals surface area contributed by atoms with Crippen LogP contribution in [0.5, 0.6) is 0 Å². The zero-order valence-corrected chi connectivity index (χ0v) is 12.2.